The number of aromatic nitrogens is 5. The van der Waals surface area contributed by atoms with E-state index in [9.17, 15) is 5.11 Å². The van der Waals surface area contributed by atoms with Crippen molar-refractivity contribution >= 4 is 22.5 Å². The van der Waals surface area contributed by atoms with Crippen molar-refractivity contribution in [2.24, 2.45) is 5.41 Å². The number of imidazole rings is 1. The number of aliphatic hydroxyl groups is 1. The largest absolute Gasteiger partial charge is 0.479 e. The summed E-state index contributed by atoms with van der Waals surface area (Å²) < 4.78 is 9.61. The second kappa shape index (κ2) is 8.25. The topological polar surface area (TPSA) is 102 Å². The van der Waals surface area contributed by atoms with Crippen molar-refractivity contribution in [3.05, 3.63) is 36.3 Å². The lowest BCUT2D eigenvalue weighted by molar-refractivity contribution is 0.101. The van der Waals surface area contributed by atoms with Gasteiger partial charge < -0.3 is 25.0 Å². The van der Waals surface area contributed by atoms with Gasteiger partial charge in [0.2, 0.25) is 11.8 Å². The molecule has 1 saturated heterocycles. The number of anilines is 1. The first-order valence-corrected chi connectivity index (χ1v) is 12.1. The number of nitrogens with one attached hydrogen (secondary N) is 2. The highest BCUT2D eigenvalue weighted by Crippen LogP contribution is 2.40. The van der Waals surface area contributed by atoms with Gasteiger partial charge in [-0.1, -0.05) is 6.07 Å². The van der Waals surface area contributed by atoms with Crippen LogP contribution in [0.1, 0.15) is 31.5 Å². The molecule has 0 bridgehead atoms. The third-order valence-electron chi connectivity index (χ3n) is 7.63. The van der Waals surface area contributed by atoms with Gasteiger partial charge >= 0.3 is 0 Å². The molecule has 9 heteroatoms. The van der Waals surface area contributed by atoms with E-state index >= 15 is 0 Å². The summed E-state index contributed by atoms with van der Waals surface area (Å²) >= 11 is 0. The normalized spacial score (nSPS) is 18.0. The van der Waals surface area contributed by atoms with E-state index in [0.717, 1.165) is 59.4 Å². The zero-order valence-corrected chi connectivity index (χ0v) is 19.7. The van der Waals surface area contributed by atoms with Gasteiger partial charge in [-0.2, -0.15) is 4.98 Å². The van der Waals surface area contributed by atoms with Crippen LogP contribution in [0.15, 0.2) is 30.5 Å². The van der Waals surface area contributed by atoms with Crippen molar-refractivity contribution in [2.75, 3.05) is 32.1 Å². The molecule has 1 aromatic carbocycles. The molecule has 0 unspecified atom stereocenters. The monoisotopic (exact) mass is 461 g/mol. The maximum absolute atomic E-state index is 9.48. The van der Waals surface area contributed by atoms with Crippen LogP contribution >= 0.6 is 0 Å². The number of hydrogen-bond acceptors (Lipinski definition) is 7. The molecule has 0 atom stereocenters. The summed E-state index contributed by atoms with van der Waals surface area (Å²) in [4.78, 5) is 9.35. The molecule has 1 aliphatic heterocycles. The second-order valence-electron chi connectivity index (χ2n) is 9.73. The molecule has 1 aliphatic carbocycles. The third-order valence-corrected chi connectivity index (χ3v) is 7.63. The number of benzene rings is 1. The molecule has 0 amide bonds. The Kier molecular flexibility index (Phi) is 5.18. The summed E-state index contributed by atoms with van der Waals surface area (Å²) in [7, 11) is 1.65. The smallest absolute Gasteiger partial charge is 0.244 e. The van der Waals surface area contributed by atoms with Gasteiger partial charge in [0, 0.05) is 37.4 Å². The predicted octanol–water partition coefficient (Wildman–Crippen LogP) is 3.00. The predicted molar refractivity (Wildman–Crippen MR) is 131 cm³/mol. The SMILES string of the molecule is COc1nc(NC2CCC3(CC2)CNC3)nn2ccc(-c3ccc4nc(C)n(CCO)c4c3)c12. The summed E-state index contributed by atoms with van der Waals surface area (Å²) in [5, 5.41) is 21.2. The number of methoxy groups -OCH3 is 1. The first kappa shape index (κ1) is 21.4. The van der Waals surface area contributed by atoms with E-state index in [1.165, 1.54) is 12.8 Å². The Balaban J connectivity index is 1.32. The molecule has 3 N–H and O–H groups in total. The molecule has 178 valence electrons. The lowest BCUT2D eigenvalue weighted by Crippen LogP contribution is -2.55. The van der Waals surface area contributed by atoms with Gasteiger partial charge in [-0.05, 0) is 61.8 Å². The maximum atomic E-state index is 9.48. The molecule has 4 aromatic rings. The standard InChI is InChI=1S/C25H31N7O2/c1-16-27-20-4-3-17(13-21(20)31(16)11-12-33)19-7-10-32-22(19)23(34-2)29-24(30-32)28-18-5-8-25(9-6-18)14-26-15-25/h3-4,7,10,13,18,26,33H,5-6,8-9,11-12,14-15H2,1-2H3,(H,28,30). The van der Waals surface area contributed by atoms with Gasteiger partial charge in [-0.25, -0.2) is 9.50 Å². The van der Waals surface area contributed by atoms with Crippen LogP contribution in [0, 0.1) is 12.3 Å². The van der Waals surface area contributed by atoms with Gasteiger partial charge in [0.25, 0.3) is 0 Å². The molecule has 1 spiro atoms. The molecule has 1 saturated carbocycles. The van der Waals surface area contributed by atoms with Gasteiger partial charge in [-0.3, -0.25) is 0 Å². The number of ether oxygens (including phenoxy) is 1. The van der Waals surface area contributed by atoms with Crippen molar-refractivity contribution in [1.82, 2.24) is 29.5 Å². The van der Waals surface area contributed by atoms with Crippen molar-refractivity contribution < 1.29 is 9.84 Å². The van der Waals surface area contributed by atoms with Crippen LogP contribution in [0.4, 0.5) is 5.95 Å². The molecule has 2 aliphatic rings. The first-order valence-electron chi connectivity index (χ1n) is 12.1. The van der Waals surface area contributed by atoms with Crippen molar-refractivity contribution in [1.29, 1.82) is 0 Å². The van der Waals surface area contributed by atoms with E-state index in [1.807, 2.05) is 34.3 Å². The molecular weight excluding hydrogens is 430 g/mol. The van der Waals surface area contributed by atoms with Crippen LogP contribution in [-0.4, -0.2) is 62.1 Å². The lowest BCUT2D eigenvalue weighted by atomic mass is 9.68. The fraction of sp³-hybridized carbons (Fsp3) is 0.480. The summed E-state index contributed by atoms with van der Waals surface area (Å²) in [6.07, 6.45) is 6.74. The van der Waals surface area contributed by atoms with Crippen molar-refractivity contribution in [3.8, 4) is 17.0 Å². The summed E-state index contributed by atoms with van der Waals surface area (Å²) in [5.74, 6) is 2.04. The van der Waals surface area contributed by atoms with Crippen LogP contribution in [0.25, 0.3) is 27.7 Å². The van der Waals surface area contributed by atoms with Crippen LogP contribution in [0.5, 0.6) is 5.88 Å². The second-order valence-corrected chi connectivity index (χ2v) is 9.73. The van der Waals surface area contributed by atoms with Gasteiger partial charge in [0.05, 0.1) is 24.8 Å². The fourth-order valence-corrected chi connectivity index (χ4v) is 5.61. The van der Waals surface area contributed by atoms with Gasteiger partial charge in [0.1, 0.15) is 11.3 Å². The van der Waals surface area contributed by atoms with Crippen LogP contribution in [0.2, 0.25) is 0 Å². The Morgan fingerprint density at radius 2 is 2.03 bits per heavy atom. The summed E-state index contributed by atoms with van der Waals surface area (Å²) in [6.45, 7) is 4.87. The van der Waals surface area contributed by atoms with E-state index < -0.39 is 0 Å². The van der Waals surface area contributed by atoms with E-state index in [4.69, 9.17) is 14.8 Å². The Morgan fingerprint density at radius 3 is 2.74 bits per heavy atom. The van der Waals surface area contributed by atoms with Crippen LogP contribution in [0.3, 0.4) is 0 Å². The molecule has 6 rings (SSSR count). The molecule has 2 fully saturated rings. The molecule has 9 nitrogen and oxygen atoms in total. The zero-order valence-electron chi connectivity index (χ0n) is 19.7. The number of nitrogens with zero attached hydrogens (tertiary/aromatic N) is 5. The minimum Gasteiger partial charge on any atom is -0.479 e. The molecular formula is C25H31N7O2. The highest BCUT2D eigenvalue weighted by molar-refractivity contribution is 5.89. The Labute approximate surface area is 198 Å². The minimum atomic E-state index is 0.0714. The first-order chi connectivity index (χ1) is 16.6. The minimum absolute atomic E-state index is 0.0714. The molecule has 3 aromatic heterocycles. The Bertz CT molecular complexity index is 1340. The average Bonchev–Trinajstić information content (AvgIpc) is 3.39. The average molecular weight is 462 g/mol. The quantitative estimate of drug-likeness (QED) is 0.406. The zero-order chi connectivity index (χ0) is 23.3. The van der Waals surface area contributed by atoms with E-state index in [0.29, 0.717) is 29.8 Å². The summed E-state index contributed by atoms with van der Waals surface area (Å²) in [6, 6.07) is 8.63. The van der Waals surface area contributed by atoms with Crippen LogP contribution < -0.4 is 15.4 Å². The highest BCUT2D eigenvalue weighted by Gasteiger charge is 2.40. The number of aryl methyl sites for hydroxylation is 1. The number of aliphatic hydroxyl groups excluding tert-OH is 1. The highest BCUT2D eigenvalue weighted by atomic mass is 16.5. The Morgan fingerprint density at radius 1 is 1.21 bits per heavy atom. The molecule has 0 radical (unpaired) electrons. The third kappa shape index (κ3) is 3.50. The number of rotatable bonds is 6. The Hall–Kier alpha value is -3.17. The fourth-order valence-electron chi connectivity index (χ4n) is 5.61. The van der Waals surface area contributed by atoms with Gasteiger partial charge in [-0.15, -0.1) is 5.10 Å². The van der Waals surface area contributed by atoms with Crippen molar-refractivity contribution in [2.45, 2.75) is 45.2 Å². The maximum Gasteiger partial charge on any atom is 0.244 e. The van der Waals surface area contributed by atoms with E-state index in [2.05, 4.69) is 27.8 Å². The molecule has 34 heavy (non-hydrogen) atoms. The number of hydrogen-bond donors (Lipinski definition) is 3. The molecule has 4 heterocycles. The van der Waals surface area contributed by atoms with Crippen molar-refractivity contribution in [3.63, 3.8) is 0 Å². The van der Waals surface area contributed by atoms with E-state index in [1.54, 1.807) is 7.11 Å². The van der Waals surface area contributed by atoms with E-state index in [-0.39, 0.29) is 6.61 Å². The van der Waals surface area contributed by atoms with Gasteiger partial charge in [0.15, 0.2) is 0 Å². The number of fused-ring (bicyclic) bond motifs is 2. The lowest BCUT2D eigenvalue weighted by Gasteiger charge is -2.47. The van der Waals surface area contributed by atoms with Crippen LogP contribution in [-0.2, 0) is 6.54 Å². The summed E-state index contributed by atoms with van der Waals surface area (Å²) in [5.41, 5.74) is 5.31.